The third kappa shape index (κ3) is 5.87. The lowest BCUT2D eigenvalue weighted by Gasteiger charge is -2.08. The topological polar surface area (TPSA) is 66.9 Å². The first-order chi connectivity index (χ1) is 11.0. The fourth-order valence-electron chi connectivity index (χ4n) is 1.95. The molecule has 0 spiro atoms. The maximum absolute atomic E-state index is 11.9. The number of nitrogens with one attached hydrogen (secondary N) is 2. The van der Waals surface area contributed by atoms with Crippen molar-refractivity contribution in [2.45, 2.75) is 20.3 Å². The highest BCUT2D eigenvalue weighted by Crippen LogP contribution is 2.11. The number of aromatic nitrogens is 2. The zero-order chi connectivity index (χ0) is 16.7. The van der Waals surface area contributed by atoms with Crippen molar-refractivity contribution in [3.8, 4) is 0 Å². The molecule has 0 fully saturated rings. The van der Waals surface area contributed by atoms with E-state index in [9.17, 15) is 4.79 Å². The summed E-state index contributed by atoms with van der Waals surface area (Å²) >= 11 is 5.95. The number of benzene rings is 1. The zero-order valence-electron chi connectivity index (χ0n) is 13.3. The molecule has 0 unspecified atom stereocenters. The van der Waals surface area contributed by atoms with E-state index in [-0.39, 0.29) is 5.91 Å². The summed E-state index contributed by atoms with van der Waals surface area (Å²) in [7, 11) is 0. The average Bonchev–Trinajstić information content (AvgIpc) is 2.53. The highest BCUT2D eigenvalue weighted by molar-refractivity contribution is 6.30. The van der Waals surface area contributed by atoms with Gasteiger partial charge in [-0.3, -0.25) is 4.79 Å². The summed E-state index contributed by atoms with van der Waals surface area (Å²) in [6, 6.07) is 7.74. The van der Waals surface area contributed by atoms with Crippen LogP contribution >= 0.6 is 11.6 Å². The van der Waals surface area contributed by atoms with Gasteiger partial charge in [0.15, 0.2) is 0 Å². The summed E-state index contributed by atoms with van der Waals surface area (Å²) in [6.07, 6.45) is 3.88. The Kier molecular flexibility index (Phi) is 6.35. The van der Waals surface area contributed by atoms with Gasteiger partial charge in [-0.15, -0.1) is 0 Å². The van der Waals surface area contributed by atoms with Crippen molar-refractivity contribution >= 4 is 23.5 Å². The van der Waals surface area contributed by atoms with E-state index in [0.717, 1.165) is 17.0 Å². The van der Waals surface area contributed by atoms with Crippen LogP contribution in [0.15, 0.2) is 36.7 Å². The molecule has 1 amide bonds. The molecule has 1 heterocycles. The molecule has 0 aliphatic heterocycles. The molecule has 0 radical (unpaired) electrons. The Hall–Kier alpha value is -2.14. The first kappa shape index (κ1) is 17.2. The maximum atomic E-state index is 11.9. The Morgan fingerprint density at radius 3 is 2.65 bits per heavy atom. The number of hydrogen-bond acceptors (Lipinski definition) is 4. The molecule has 23 heavy (non-hydrogen) atoms. The Morgan fingerprint density at radius 2 is 2.00 bits per heavy atom. The average molecular weight is 333 g/mol. The second kappa shape index (κ2) is 8.48. The molecule has 0 bridgehead atoms. The van der Waals surface area contributed by atoms with E-state index in [1.165, 1.54) is 12.4 Å². The number of anilines is 1. The first-order valence-corrected chi connectivity index (χ1v) is 8.01. The van der Waals surface area contributed by atoms with E-state index in [4.69, 9.17) is 11.6 Å². The molecule has 2 N–H and O–H groups in total. The lowest BCUT2D eigenvalue weighted by molar-refractivity contribution is 0.0948. The summed E-state index contributed by atoms with van der Waals surface area (Å²) in [5.41, 5.74) is 1.61. The Labute approximate surface area is 141 Å². The lowest BCUT2D eigenvalue weighted by Crippen LogP contribution is -2.27. The van der Waals surface area contributed by atoms with Gasteiger partial charge < -0.3 is 10.6 Å². The number of carbonyl (C=O) groups excluding carboxylic acids is 1. The van der Waals surface area contributed by atoms with Gasteiger partial charge in [0.05, 0.1) is 5.56 Å². The monoisotopic (exact) mass is 332 g/mol. The predicted octanol–water partition coefficient (Wildman–Crippen LogP) is 3.17. The molecule has 2 rings (SSSR count). The van der Waals surface area contributed by atoms with Crippen LogP contribution in [0.25, 0.3) is 0 Å². The van der Waals surface area contributed by atoms with Crippen molar-refractivity contribution in [1.29, 1.82) is 0 Å². The van der Waals surface area contributed by atoms with Gasteiger partial charge in [0.2, 0.25) is 5.95 Å². The highest BCUT2D eigenvalue weighted by atomic mass is 35.5. The fourth-order valence-corrected chi connectivity index (χ4v) is 2.16. The molecule has 6 heteroatoms. The SMILES string of the molecule is CC(C)CNC(=O)c1cnc(NCCc2cccc(Cl)c2)nc1. The number of carbonyl (C=O) groups is 1. The van der Waals surface area contributed by atoms with Gasteiger partial charge in [0, 0.05) is 30.5 Å². The van der Waals surface area contributed by atoms with Gasteiger partial charge in [-0.2, -0.15) is 0 Å². The molecule has 0 saturated carbocycles. The van der Waals surface area contributed by atoms with Crippen LogP contribution in [-0.2, 0) is 6.42 Å². The summed E-state index contributed by atoms with van der Waals surface area (Å²) < 4.78 is 0. The van der Waals surface area contributed by atoms with Crippen LogP contribution in [0.2, 0.25) is 5.02 Å². The van der Waals surface area contributed by atoms with E-state index in [2.05, 4.69) is 20.6 Å². The molecule has 0 aliphatic rings. The van der Waals surface area contributed by atoms with Crippen LogP contribution < -0.4 is 10.6 Å². The highest BCUT2D eigenvalue weighted by Gasteiger charge is 2.07. The second-order valence-electron chi connectivity index (χ2n) is 5.71. The number of amides is 1. The predicted molar refractivity (Wildman–Crippen MR) is 92.8 cm³/mol. The van der Waals surface area contributed by atoms with Crippen LogP contribution in [0.5, 0.6) is 0 Å². The third-order valence-electron chi connectivity index (χ3n) is 3.17. The van der Waals surface area contributed by atoms with Gasteiger partial charge in [-0.05, 0) is 30.0 Å². The lowest BCUT2D eigenvalue weighted by atomic mass is 10.1. The van der Waals surface area contributed by atoms with Crippen LogP contribution in [0.4, 0.5) is 5.95 Å². The van der Waals surface area contributed by atoms with Crippen molar-refractivity contribution in [3.63, 3.8) is 0 Å². The van der Waals surface area contributed by atoms with E-state index >= 15 is 0 Å². The van der Waals surface area contributed by atoms with Gasteiger partial charge in [0.25, 0.3) is 5.91 Å². The van der Waals surface area contributed by atoms with Crippen LogP contribution in [0.1, 0.15) is 29.8 Å². The van der Waals surface area contributed by atoms with Crippen LogP contribution in [0, 0.1) is 5.92 Å². The summed E-state index contributed by atoms with van der Waals surface area (Å²) in [6.45, 7) is 5.42. The van der Waals surface area contributed by atoms with Crippen molar-refractivity contribution in [2.75, 3.05) is 18.4 Å². The largest absolute Gasteiger partial charge is 0.354 e. The van der Waals surface area contributed by atoms with Crippen molar-refractivity contribution < 1.29 is 4.79 Å². The van der Waals surface area contributed by atoms with Gasteiger partial charge in [-0.1, -0.05) is 37.6 Å². The standard InChI is InChI=1S/C17H21ClN4O/c1-12(2)9-20-16(23)14-10-21-17(22-11-14)19-7-6-13-4-3-5-15(18)8-13/h3-5,8,10-12H,6-7,9H2,1-2H3,(H,20,23)(H,19,21,22). The minimum Gasteiger partial charge on any atom is -0.354 e. The van der Waals surface area contributed by atoms with E-state index < -0.39 is 0 Å². The zero-order valence-corrected chi connectivity index (χ0v) is 14.1. The molecular formula is C17H21ClN4O. The summed E-state index contributed by atoms with van der Waals surface area (Å²) in [5.74, 6) is 0.768. The van der Waals surface area contributed by atoms with Crippen LogP contribution in [0.3, 0.4) is 0 Å². The minimum atomic E-state index is -0.149. The summed E-state index contributed by atoms with van der Waals surface area (Å²) in [4.78, 5) is 20.2. The second-order valence-corrected chi connectivity index (χ2v) is 6.14. The number of rotatable bonds is 7. The first-order valence-electron chi connectivity index (χ1n) is 7.63. The van der Waals surface area contributed by atoms with Crippen LogP contribution in [-0.4, -0.2) is 29.0 Å². The Morgan fingerprint density at radius 1 is 1.26 bits per heavy atom. The van der Waals surface area contributed by atoms with Gasteiger partial charge in [-0.25, -0.2) is 9.97 Å². The number of halogens is 1. The van der Waals surface area contributed by atoms with Crippen molar-refractivity contribution in [2.24, 2.45) is 5.92 Å². The minimum absolute atomic E-state index is 0.149. The molecule has 122 valence electrons. The molecule has 1 aromatic carbocycles. The van der Waals surface area contributed by atoms with Gasteiger partial charge >= 0.3 is 0 Å². The Bertz CT molecular complexity index is 643. The van der Waals surface area contributed by atoms with E-state index in [0.29, 0.717) is 30.5 Å². The van der Waals surface area contributed by atoms with E-state index in [1.54, 1.807) is 0 Å². The Balaban J connectivity index is 1.81. The molecule has 1 aromatic heterocycles. The molecule has 2 aromatic rings. The van der Waals surface area contributed by atoms with Crippen molar-refractivity contribution in [3.05, 3.63) is 52.8 Å². The number of nitrogens with zero attached hydrogens (tertiary/aromatic N) is 2. The molecule has 5 nitrogen and oxygen atoms in total. The smallest absolute Gasteiger partial charge is 0.254 e. The van der Waals surface area contributed by atoms with Gasteiger partial charge in [0.1, 0.15) is 0 Å². The van der Waals surface area contributed by atoms with Crippen molar-refractivity contribution in [1.82, 2.24) is 15.3 Å². The third-order valence-corrected chi connectivity index (χ3v) is 3.41. The van der Waals surface area contributed by atoms with E-state index in [1.807, 2.05) is 38.1 Å². The summed E-state index contributed by atoms with van der Waals surface area (Å²) in [5, 5.41) is 6.70. The molecule has 0 aliphatic carbocycles. The number of hydrogen-bond donors (Lipinski definition) is 2. The maximum Gasteiger partial charge on any atom is 0.254 e. The normalized spacial score (nSPS) is 10.6. The molecule has 0 atom stereocenters. The molecule has 0 saturated heterocycles. The quantitative estimate of drug-likeness (QED) is 0.817. The fraction of sp³-hybridized carbons (Fsp3) is 0.353. The molecular weight excluding hydrogens is 312 g/mol.